The third-order valence-corrected chi connectivity index (χ3v) is 6.38. The zero-order valence-corrected chi connectivity index (χ0v) is 22.1. The van der Waals surface area contributed by atoms with Crippen LogP contribution in [0.25, 0.3) is 10.9 Å². The Hall–Kier alpha value is -3.78. The molecule has 0 bridgehead atoms. The molecule has 11 N–H and O–H groups in total. The SMILES string of the molecule is CSCCC(NC(=O)CN)C(=O)NC(CCCN=C(N)N)C(=O)NC(Cc1c[nH]c2ccccc12)C(=O)O. The number of nitrogens with one attached hydrogen (secondary N) is 4. The number of aromatic nitrogens is 1. The van der Waals surface area contributed by atoms with Crippen molar-refractivity contribution in [2.24, 2.45) is 22.2 Å². The van der Waals surface area contributed by atoms with Crippen LogP contribution >= 0.6 is 11.8 Å². The van der Waals surface area contributed by atoms with Gasteiger partial charge in [0.2, 0.25) is 17.7 Å². The van der Waals surface area contributed by atoms with Crippen molar-refractivity contribution in [3.63, 3.8) is 0 Å². The van der Waals surface area contributed by atoms with Crippen LogP contribution in [0.1, 0.15) is 24.8 Å². The quantitative estimate of drug-likeness (QED) is 0.0730. The number of benzene rings is 1. The number of carbonyl (C=O) groups excluding carboxylic acids is 3. The second-order valence-corrected chi connectivity index (χ2v) is 9.56. The Kier molecular flexibility index (Phi) is 12.4. The summed E-state index contributed by atoms with van der Waals surface area (Å²) >= 11 is 1.49. The van der Waals surface area contributed by atoms with Crippen LogP contribution in [-0.2, 0) is 25.6 Å². The normalized spacial score (nSPS) is 13.2. The van der Waals surface area contributed by atoms with Gasteiger partial charge in [-0.05, 0) is 42.9 Å². The summed E-state index contributed by atoms with van der Waals surface area (Å²) in [5.41, 5.74) is 17.7. The van der Waals surface area contributed by atoms with Crippen molar-refractivity contribution in [2.45, 2.75) is 43.8 Å². The molecule has 3 atom stereocenters. The van der Waals surface area contributed by atoms with Crippen LogP contribution in [-0.4, -0.2) is 83.0 Å². The molecular formula is C24H36N8O5S. The number of guanidine groups is 1. The van der Waals surface area contributed by atoms with Crippen LogP contribution in [0.3, 0.4) is 0 Å². The van der Waals surface area contributed by atoms with E-state index in [4.69, 9.17) is 17.2 Å². The smallest absolute Gasteiger partial charge is 0.326 e. The Balaban J connectivity index is 2.19. The number of fused-ring (bicyclic) bond motifs is 1. The minimum Gasteiger partial charge on any atom is -0.480 e. The van der Waals surface area contributed by atoms with Gasteiger partial charge in [-0.2, -0.15) is 11.8 Å². The highest BCUT2D eigenvalue weighted by molar-refractivity contribution is 7.98. The summed E-state index contributed by atoms with van der Waals surface area (Å²) in [5.74, 6) is -2.51. The Morgan fingerprint density at radius 2 is 1.68 bits per heavy atom. The van der Waals surface area contributed by atoms with Crippen molar-refractivity contribution in [3.8, 4) is 0 Å². The predicted molar refractivity (Wildman–Crippen MR) is 147 cm³/mol. The maximum absolute atomic E-state index is 13.2. The highest BCUT2D eigenvalue weighted by Crippen LogP contribution is 2.19. The van der Waals surface area contributed by atoms with E-state index >= 15 is 0 Å². The van der Waals surface area contributed by atoms with Gasteiger partial charge in [0.1, 0.15) is 18.1 Å². The molecule has 1 aromatic carbocycles. The number of carboxylic acids is 1. The van der Waals surface area contributed by atoms with E-state index in [1.54, 1.807) is 6.20 Å². The third-order valence-electron chi connectivity index (χ3n) is 5.74. The van der Waals surface area contributed by atoms with Crippen molar-refractivity contribution in [2.75, 3.05) is 25.1 Å². The average molecular weight is 549 g/mol. The first-order chi connectivity index (χ1) is 18.2. The molecule has 14 heteroatoms. The first-order valence-corrected chi connectivity index (χ1v) is 13.5. The summed E-state index contributed by atoms with van der Waals surface area (Å²) in [6, 6.07) is 4.18. The number of hydrogen-bond donors (Lipinski definition) is 8. The van der Waals surface area contributed by atoms with Crippen molar-refractivity contribution in [3.05, 3.63) is 36.0 Å². The molecule has 38 heavy (non-hydrogen) atoms. The minimum atomic E-state index is -1.25. The second-order valence-electron chi connectivity index (χ2n) is 8.58. The number of carbonyl (C=O) groups is 4. The lowest BCUT2D eigenvalue weighted by molar-refractivity contribution is -0.142. The Bertz CT molecular complexity index is 1130. The molecule has 1 aromatic heterocycles. The van der Waals surface area contributed by atoms with Crippen LogP contribution < -0.4 is 33.2 Å². The summed E-state index contributed by atoms with van der Waals surface area (Å²) < 4.78 is 0. The number of amides is 3. The summed E-state index contributed by atoms with van der Waals surface area (Å²) in [5, 5.41) is 18.4. The summed E-state index contributed by atoms with van der Waals surface area (Å²) in [6.07, 6.45) is 4.38. The van der Waals surface area contributed by atoms with E-state index in [0.717, 1.165) is 16.5 Å². The van der Waals surface area contributed by atoms with Crippen LogP contribution in [0.4, 0.5) is 0 Å². The molecule has 2 rings (SSSR count). The summed E-state index contributed by atoms with van der Waals surface area (Å²) in [4.78, 5) is 57.1. The molecule has 208 valence electrons. The first-order valence-electron chi connectivity index (χ1n) is 12.1. The molecular weight excluding hydrogens is 512 g/mol. The lowest BCUT2D eigenvalue weighted by atomic mass is 10.0. The maximum atomic E-state index is 13.2. The van der Waals surface area contributed by atoms with E-state index < -0.39 is 41.8 Å². The third kappa shape index (κ3) is 9.59. The minimum absolute atomic E-state index is 0.0304. The van der Waals surface area contributed by atoms with Gasteiger partial charge in [-0.15, -0.1) is 0 Å². The van der Waals surface area contributed by atoms with E-state index in [1.165, 1.54) is 11.8 Å². The number of para-hydroxylation sites is 1. The fourth-order valence-corrected chi connectivity index (χ4v) is 4.27. The van der Waals surface area contributed by atoms with Crippen molar-refractivity contribution in [1.29, 1.82) is 0 Å². The number of nitrogens with zero attached hydrogens (tertiary/aromatic N) is 1. The van der Waals surface area contributed by atoms with E-state index in [2.05, 4.69) is 25.9 Å². The van der Waals surface area contributed by atoms with Gasteiger partial charge in [0, 0.05) is 30.1 Å². The number of H-pyrrole nitrogens is 1. The van der Waals surface area contributed by atoms with Crippen molar-refractivity contribution >= 4 is 52.3 Å². The van der Waals surface area contributed by atoms with E-state index in [0.29, 0.717) is 18.6 Å². The molecule has 0 radical (unpaired) electrons. The fourth-order valence-electron chi connectivity index (χ4n) is 3.80. The largest absolute Gasteiger partial charge is 0.480 e. The zero-order chi connectivity index (χ0) is 28.1. The molecule has 0 saturated heterocycles. The topological polar surface area (TPSA) is 231 Å². The van der Waals surface area contributed by atoms with Crippen molar-refractivity contribution < 1.29 is 24.3 Å². The number of carboxylic acid groups (broad SMARTS) is 1. The number of hydrogen-bond acceptors (Lipinski definition) is 7. The maximum Gasteiger partial charge on any atom is 0.326 e. The number of nitrogens with two attached hydrogens (primary N) is 3. The predicted octanol–water partition coefficient (Wildman–Crippen LogP) is -0.985. The van der Waals surface area contributed by atoms with Crippen LogP contribution in [0, 0.1) is 0 Å². The number of aromatic amines is 1. The van der Waals surface area contributed by atoms with Gasteiger partial charge in [0.05, 0.1) is 6.54 Å². The summed E-state index contributed by atoms with van der Waals surface area (Å²) in [6.45, 7) is -0.0842. The second kappa shape index (κ2) is 15.5. The van der Waals surface area contributed by atoms with Crippen LogP contribution in [0.2, 0.25) is 0 Å². The molecule has 0 saturated carbocycles. The molecule has 0 spiro atoms. The Morgan fingerprint density at radius 1 is 1.03 bits per heavy atom. The molecule has 0 aliphatic rings. The van der Waals surface area contributed by atoms with Gasteiger partial charge in [0.15, 0.2) is 5.96 Å². The first kappa shape index (κ1) is 30.4. The van der Waals surface area contributed by atoms with Gasteiger partial charge >= 0.3 is 5.97 Å². The number of aliphatic imine (C=N–C) groups is 1. The lowest BCUT2D eigenvalue weighted by Gasteiger charge is -2.24. The van der Waals surface area contributed by atoms with Crippen LogP contribution in [0.15, 0.2) is 35.5 Å². The number of thioether (sulfide) groups is 1. The molecule has 0 aliphatic heterocycles. The van der Waals surface area contributed by atoms with E-state index in [1.807, 2.05) is 30.5 Å². The standard InChI is InChI=1S/C24H36N8O5S/c1-38-10-8-18(30-20(33)12-25)22(35)31-17(7-4-9-28-24(26)27)21(34)32-19(23(36)37)11-14-13-29-16-6-3-2-5-15(14)16/h2-3,5-6,13,17-19,29H,4,7-12,25H2,1H3,(H,30,33)(H,31,35)(H,32,34)(H,36,37)(H4,26,27,28). The van der Waals surface area contributed by atoms with Crippen molar-refractivity contribution in [1.82, 2.24) is 20.9 Å². The molecule has 2 aromatic rings. The monoisotopic (exact) mass is 548 g/mol. The number of rotatable bonds is 16. The molecule has 3 amide bonds. The molecule has 0 fully saturated rings. The Morgan fingerprint density at radius 3 is 2.32 bits per heavy atom. The average Bonchev–Trinajstić information content (AvgIpc) is 3.30. The molecule has 0 aliphatic carbocycles. The molecule has 1 heterocycles. The van der Waals surface area contributed by atoms with Gasteiger partial charge in [-0.25, -0.2) is 4.79 Å². The van der Waals surface area contributed by atoms with Gasteiger partial charge in [-0.1, -0.05) is 18.2 Å². The van der Waals surface area contributed by atoms with Gasteiger partial charge < -0.3 is 43.2 Å². The molecule has 13 nitrogen and oxygen atoms in total. The molecule has 3 unspecified atom stereocenters. The lowest BCUT2D eigenvalue weighted by Crippen LogP contribution is -2.56. The highest BCUT2D eigenvalue weighted by atomic mass is 32.2. The van der Waals surface area contributed by atoms with E-state index in [9.17, 15) is 24.3 Å². The fraction of sp³-hybridized carbons (Fsp3) is 0.458. The highest BCUT2D eigenvalue weighted by Gasteiger charge is 2.29. The van der Waals surface area contributed by atoms with Gasteiger partial charge in [-0.3, -0.25) is 19.4 Å². The summed E-state index contributed by atoms with van der Waals surface area (Å²) in [7, 11) is 0. The number of aliphatic carboxylic acids is 1. The Labute approximate surface area is 224 Å². The van der Waals surface area contributed by atoms with Crippen LogP contribution in [0.5, 0.6) is 0 Å². The van der Waals surface area contributed by atoms with E-state index in [-0.39, 0.29) is 31.9 Å². The van der Waals surface area contributed by atoms with Gasteiger partial charge in [0.25, 0.3) is 0 Å². The zero-order valence-electron chi connectivity index (χ0n) is 21.2.